The number of nitrogens with one attached hydrogen (secondary N) is 1. The fourth-order valence-corrected chi connectivity index (χ4v) is 2.24. The predicted octanol–water partition coefficient (Wildman–Crippen LogP) is 3.65. The van der Waals surface area contributed by atoms with Gasteiger partial charge in [-0.2, -0.15) is 0 Å². The summed E-state index contributed by atoms with van der Waals surface area (Å²) in [6, 6.07) is 11.5. The van der Waals surface area contributed by atoms with Gasteiger partial charge >= 0.3 is 0 Å². The predicted molar refractivity (Wildman–Crippen MR) is 78.4 cm³/mol. The minimum Gasteiger partial charge on any atom is -0.310 e. The zero-order chi connectivity index (χ0) is 14.8. The molecular weight excluding hydrogens is 271 g/mol. The molecule has 0 bridgehead atoms. The molecule has 0 unspecified atom stereocenters. The standard InChI is InChI=1S/C16H15FN2O2/c17-16-7-4-11(10-18-13-5-6-13)8-15(16)12-2-1-3-14(9-12)19(20)21/h1-4,7-9,13,18H,5-6,10H2. The zero-order valence-corrected chi connectivity index (χ0v) is 11.4. The second kappa shape index (κ2) is 5.61. The number of hydrogen-bond donors (Lipinski definition) is 1. The molecule has 1 saturated carbocycles. The molecule has 3 rings (SSSR count). The van der Waals surface area contributed by atoms with E-state index in [1.807, 2.05) is 0 Å². The topological polar surface area (TPSA) is 55.2 Å². The van der Waals surface area contributed by atoms with Crippen LogP contribution >= 0.6 is 0 Å². The van der Waals surface area contributed by atoms with Crippen molar-refractivity contribution in [2.24, 2.45) is 0 Å². The Morgan fingerprint density at radius 1 is 1.24 bits per heavy atom. The number of hydrogen-bond acceptors (Lipinski definition) is 3. The normalized spacial score (nSPS) is 14.1. The van der Waals surface area contributed by atoms with Gasteiger partial charge in [-0.1, -0.05) is 18.2 Å². The van der Waals surface area contributed by atoms with Crippen LogP contribution in [0.1, 0.15) is 18.4 Å². The first-order valence-electron chi connectivity index (χ1n) is 6.90. The molecule has 0 spiro atoms. The molecule has 0 amide bonds. The van der Waals surface area contributed by atoms with E-state index in [1.54, 1.807) is 24.3 Å². The largest absolute Gasteiger partial charge is 0.310 e. The molecule has 1 aliphatic carbocycles. The monoisotopic (exact) mass is 286 g/mol. The van der Waals surface area contributed by atoms with Gasteiger partial charge in [-0.3, -0.25) is 10.1 Å². The Labute approximate surface area is 121 Å². The molecule has 2 aromatic rings. The van der Waals surface area contributed by atoms with E-state index in [0.29, 0.717) is 23.7 Å². The molecule has 0 aromatic heterocycles. The Bertz CT molecular complexity index is 684. The van der Waals surface area contributed by atoms with E-state index in [1.165, 1.54) is 31.0 Å². The third-order valence-electron chi connectivity index (χ3n) is 3.57. The summed E-state index contributed by atoms with van der Waals surface area (Å²) in [5.41, 5.74) is 1.86. The summed E-state index contributed by atoms with van der Waals surface area (Å²) in [4.78, 5) is 10.4. The van der Waals surface area contributed by atoms with Crippen LogP contribution in [0.2, 0.25) is 0 Å². The van der Waals surface area contributed by atoms with Crippen LogP contribution in [0.5, 0.6) is 0 Å². The number of benzene rings is 2. The lowest BCUT2D eigenvalue weighted by atomic mass is 10.0. The Morgan fingerprint density at radius 2 is 2.05 bits per heavy atom. The minimum absolute atomic E-state index is 0.0339. The van der Waals surface area contributed by atoms with Crippen LogP contribution in [0, 0.1) is 15.9 Å². The minimum atomic E-state index is -0.472. The molecule has 5 heteroatoms. The van der Waals surface area contributed by atoms with Crippen molar-refractivity contribution in [2.45, 2.75) is 25.4 Å². The van der Waals surface area contributed by atoms with Gasteiger partial charge in [0.05, 0.1) is 4.92 Å². The summed E-state index contributed by atoms with van der Waals surface area (Å²) in [5, 5.41) is 14.2. The average Bonchev–Trinajstić information content (AvgIpc) is 3.31. The Kier molecular flexibility index (Phi) is 3.66. The second-order valence-electron chi connectivity index (χ2n) is 5.28. The van der Waals surface area contributed by atoms with Gasteiger partial charge in [-0.25, -0.2) is 4.39 Å². The third kappa shape index (κ3) is 3.25. The van der Waals surface area contributed by atoms with E-state index in [0.717, 1.165) is 5.56 Å². The van der Waals surface area contributed by atoms with Gasteiger partial charge in [0, 0.05) is 30.3 Å². The first-order valence-corrected chi connectivity index (χ1v) is 6.90. The summed E-state index contributed by atoms with van der Waals surface area (Å²) in [6.45, 7) is 0.687. The van der Waals surface area contributed by atoms with Crippen LogP contribution in [-0.4, -0.2) is 11.0 Å². The van der Waals surface area contributed by atoms with Crippen LogP contribution in [0.15, 0.2) is 42.5 Å². The van der Waals surface area contributed by atoms with Crippen molar-refractivity contribution in [3.63, 3.8) is 0 Å². The Balaban J connectivity index is 1.90. The van der Waals surface area contributed by atoms with Crippen molar-refractivity contribution in [2.75, 3.05) is 0 Å². The molecule has 1 N–H and O–H groups in total. The lowest BCUT2D eigenvalue weighted by Crippen LogP contribution is -2.15. The number of nitrogens with zero attached hydrogens (tertiary/aromatic N) is 1. The number of rotatable bonds is 5. The van der Waals surface area contributed by atoms with Crippen molar-refractivity contribution in [3.05, 3.63) is 64.0 Å². The summed E-state index contributed by atoms with van der Waals surface area (Å²) >= 11 is 0. The van der Waals surface area contributed by atoms with E-state index < -0.39 is 4.92 Å². The van der Waals surface area contributed by atoms with Crippen LogP contribution in [0.25, 0.3) is 11.1 Å². The van der Waals surface area contributed by atoms with Gasteiger partial charge in [-0.15, -0.1) is 0 Å². The molecular formula is C16H15FN2O2. The number of halogens is 1. The number of non-ortho nitro benzene ring substituents is 1. The fourth-order valence-electron chi connectivity index (χ4n) is 2.24. The molecule has 0 aliphatic heterocycles. The number of nitro benzene ring substituents is 1. The maximum absolute atomic E-state index is 14.0. The highest BCUT2D eigenvalue weighted by atomic mass is 19.1. The molecule has 108 valence electrons. The van der Waals surface area contributed by atoms with E-state index in [2.05, 4.69) is 5.32 Å². The van der Waals surface area contributed by atoms with Gasteiger partial charge in [0.15, 0.2) is 0 Å². The van der Waals surface area contributed by atoms with Crippen LogP contribution < -0.4 is 5.32 Å². The van der Waals surface area contributed by atoms with Crippen LogP contribution in [0.4, 0.5) is 10.1 Å². The average molecular weight is 286 g/mol. The first kappa shape index (κ1) is 13.7. The van der Waals surface area contributed by atoms with Gasteiger partial charge in [0.1, 0.15) is 5.82 Å². The van der Waals surface area contributed by atoms with Gasteiger partial charge < -0.3 is 5.32 Å². The van der Waals surface area contributed by atoms with Crippen LogP contribution in [0.3, 0.4) is 0 Å². The molecule has 1 aliphatic rings. The molecule has 0 saturated heterocycles. The van der Waals surface area contributed by atoms with E-state index in [-0.39, 0.29) is 11.5 Å². The summed E-state index contributed by atoms with van der Waals surface area (Å²) in [5.74, 6) is -0.370. The van der Waals surface area contributed by atoms with Crippen molar-refractivity contribution in [1.29, 1.82) is 0 Å². The van der Waals surface area contributed by atoms with Crippen molar-refractivity contribution >= 4 is 5.69 Å². The molecule has 0 atom stereocenters. The second-order valence-corrected chi connectivity index (χ2v) is 5.28. The molecule has 0 heterocycles. The number of nitro groups is 1. The maximum Gasteiger partial charge on any atom is 0.270 e. The van der Waals surface area contributed by atoms with E-state index >= 15 is 0 Å². The van der Waals surface area contributed by atoms with Gasteiger partial charge in [0.2, 0.25) is 0 Å². The third-order valence-corrected chi connectivity index (χ3v) is 3.57. The van der Waals surface area contributed by atoms with Crippen molar-refractivity contribution < 1.29 is 9.31 Å². The summed E-state index contributed by atoms with van der Waals surface area (Å²) in [6.07, 6.45) is 2.39. The van der Waals surface area contributed by atoms with Crippen molar-refractivity contribution in [1.82, 2.24) is 5.32 Å². The fraction of sp³-hybridized carbons (Fsp3) is 0.250. The van der Waals surface area contributed by atoms with E-state index in [4.69, 9.17) is 0 Å². The van der Waals surface area contributed by atoms with Gasteiger partial charge in [0.25, 0.3) is 5.69 Å². The smallest absolute Gasteiger partial charge is 0.270 e. The Hall–Kier alpha value is -2.27. The highest BCUT2D eigenvalue weighted by Crippen LogP contribution is 2.27. The first-order chi connectivity index (χ1) is 10.1. The molecule has 2 aromatic carbocycles. The molecule has 0 radical (unpaired) electrons. The Morgan fingerprint density at radius 3 is 2.76 bits per heavy atom. The molecule has 4 nitrogen and oxygen atoms in total. The summed E-state index contributed by atoms with van der Waals surface area (Å²) < 4.78 is 14.0. The maximum atomic E-state index is 14.0. The van der Waals surface area contributed by atoms with Gasteiger partial charge in [-0.05, 0) is 36.1 Å². The highest BCUT2D eigenvalue weighted by Gasteiger charge is 2.20. The quantitative estimate of drug-likeness (QED) is 0.674. The highest BCUT2D eigenvalue weighted by molar-refractivity contribution is 5.67. The SMILES string of the molecule is O=[N+]([O-])c1cccc(-c2cc(CNC3CC3)ccc2F)c1. The molecule has 21 heavy (non-hydrogen) atoms. The van der Waals surface area contributed by atoms with E-state index in [9.17, 15) is 14.5 Å². The lowest BCUT2D eigenvalue weighted by molar-refractivity contribution is -0.384. The zero-order valence-electron chi connectivity index (χ0n) is 11.4. The lowest BCUT2D eigenvalue weighted by Gasteiger charge is -2.08. The van der Waals surface area contributed by atoms with Crippen molar-refractivity contribution in [3.8, 4) is 11.1 Å². The molecule has 1 fully saturated rings. The van der Waals surface area contributed by atoms with Crippen LogP contribution in [-0.2, 0) is 6.54 Å². The summed E-state index contributed by atoms with van der Waals surface area (Å²) in [7, 11) is 0.